The highest BCUT2D eigenvalue weighted by Gasteiger charge is 2.24. The lowest BCUT2D eigenvalue weighted by Crippen LogP contribution is -2.34. The molecule has 20 heteroatoms. The molecule has 0 saturated heterocycles. The maximum atomic E-state index is 13.2. The van der Waals surface area contributed by atoms with Crippen LogP contribution in [0.5, 0.6) is 0 Å². The summed E-state index contributed by atoms with van der Waals surface area (Å²) in [5.74, 6) is -0.0701. The van der Waals surface area contributed by atoms with Gasteiger partial charge in [0, 0.05) is 31.6 Å². The molecule has 0 spiro atoms. The van der Waals surface area contributed by atoms with Crippen LogP contribution in [0, 0.1) is 0 Å². The van der Waals surface area contributed by atoms with Crippen LogP contribution in [-0.4, -0.2) is 208 Å². The summed E-state index contributed by atoms with van der Waals surface area (Å²) in [5.41, 5.74) is 7.71. The van der Waals surface area contributed by atoms with Crippen LogP contribution in [0.1, 0.15) is 78.8 Å². The smallest absolute Gasteiger partial charge is 0.308 e. The molecule has 0 unspecified atom stereocenters. The number of esters is 1. The zero-order valence-corrected chi connectivity index (χ0v) is 41.1. The van der Waals surface area contributed by atoms with E-state index in [-0.39, 0.29) is 24.7 Å². The standard InChI is InChI=1S/C46H84N6O14/c1-7-13-52(65-8-2)45(54)40-37-42-41(49-43(47)38-40)39-48-51(42)15-11-9-10-14-50(6)16-18-56-20-22-58-24-26-60-28-30-62-32-34-64-36-35-63-33-31-61-29-27-59-25-23-57-21-19-55-17-12-44(53)66-46(3,4)5/h37,39H,7-36,38H2,1-6H3,(H2,47,49). The highest BCUT2D eigenvalue weighted by molar-refractivity contribution is 6.04. The third-order valence-corrected chi connectivity index (χ3v) is 9.27. The number of fused-ring (bicyclic) bond motifs is 1. The van der Waals surface area contributed by atoms with Crippen LogP contribution in [0.15, 0.2) is 16.8 Å². The Hall–Kier alpha value is -3.12. The van der Waals surface area contributed by atoms with Gasteiger partial charge in [0.25, 0.3) is 5.91 Å². The Balaban J connectivity index is 1.29. The molecule has 0 atom stereocenters. The summed E-state index contributed by atoms with van der Waals surface area (Å²) in [6, 6.07) is 0. The number of hydrogen-bond donors (Lipinski definition) is 1. The number of ether oxygens (including phenoxy) is 11. The molecule has 1 aromatic heterocycles. The van der Waals surface area contributed by atoms with Crippen molar-refractivity contribution in [1.82, 2.24) is 19.7 Å². The van der Waals surface area contributed by atoms with E-state index in [2.05, 4.69) is 22.0 Å². The number of hydrogen-bond acceptors (Lipinski definition) is 18. The maximum Gasteiger partial charge on any atom is 0.308 e. The number of aryl methyl sites for hydroxylation is 1. The minimum atomic E-state index is -0.481. The summed E-state index contributed by atoms with van der Waals surface area (Å²) >= 11 is 0. The zero-order chi connectivity index (χ0) is 47.9. The van der Waals surface area contributed by atoms with E-state index in [0.717, 1.165) is 51.0 Å². The molecule has 20 nitrogen and oxygen atoms in total. The van der Waals surface area contributed by atoms with E-state index in [9.17, 15) is 9.59 Å². The first kappa shape index (κ1) is 59.0. The van der Waals surface area contributed by atoms with Crippen molar-refractivity contribution < 1.29 is 66.5 Å². The second-order valence-corrected chi connectivity index (χ2v) is 16.2. The largest absolute Gasteiger partial charge is 0.460 e. The number of aromatic nitrogens is 2. The summed E-state index contributed by atoms with van der Waals surface area (Å²) in [7, 11) is 2.10. The van der Waals surface area contributed by atoms with Crippen LogP contribution >= 0.6 is 0 Å². The van der Waals surface area contributed by atoms with E-state index < -0.39 is 5.60 Å². The van der Waals surface area contributed by atoms with Crippen molar-refractivity contribution in [3.63, 3.8) is 0 Å². The van der Waals surface area contributed by atoms with Gasteiger partial charge >= 0.3 is 5.97 Å². The lowest BCUT2D eigenvalue weighted by molar-refractivity contribution is -0.180. The molecular weight excluding hydrogens is 861 g/mol. The Morgan fingerprint density at radius 2 is 1.12 bits per heavy atom. The van der Waals surface area contributed by atoms with Crippen LogP contribution in [0.3, 0.4) is 0 Å². The highest BCUT2D eigenvalue weighted by atomic mass is 16.7. The molecule has 0 bridgehead atoms. The lowest BCUT2D eigenvalue weighted by atomic mass is 10.1. The molecular formula is C46H84N6O14. The van der Waals surface area contributed by atoms with Gasteiger partial charge in [0.15, 0.2) is 0 Å². The fourth-order valence-corrected chi connectivity index (χ4v) is 6.07. The molecule has 0 saturated carbocycles. The topological polar surface area (TPSA) is 208 Å². The molecule has 0 aliphatic carbocycles. The first-order chi connectivity index (χ1) is 32.0. The monoisotopic (exact) mass is 945 g/mol. The van der Waals surface area contributed by atoms with Gasteiger partial charge in [0.1, 0.15) is 17.1 Å². The molecule has 1 aliphatic rings. The summed E-state index contributed by atoms with van der Waals surface area (Å²) in [4.78, 5) is 37.2. The predicted molar refractivity (Wildman–Crippen MR) is 250 cm³/mol. The molecule has 1 aliphatic heterocycles. The van der Waals surface area contributed by atoms with E-state index in [4.69, 9.17) is 62.7 Å². The van der Waals surface area contributed by atoms with Crippen molar-refractivity contribution >= 4 is 29.5 Å². The quantitative estimate of drug-likeness (QED) is 0.0560. The summed E-state index contributed by atoms with van der Waals surface area (Å²) < 4.78 is 62.4. The summed E-state index contributed by atoms with van der Waals surface area (Å²) in [6.45, 7) is 22.5. The molecule has 0 aromatic carbocycles. The maximum absolute atomic E-state index is 13.2. The van der Waals surface area contributed by atoms with Gasteiger partial charge in [0.2, 0.25) is 0 Å². The first-order valence-corrected chi connectivity index (χ1v) is 23.8. The predicted octanol–water partition coefficient (Wildman–Crippen LogP) is 3.85. The second-order valence-electron chi connectivity index (χ2n) is 16.2. The Bertz CT molecular complexity index is 1440. The molecule has 1 amide bonds. The number of rotatable bonds is 44. The molecule has 0 fully saturated rings. The number of hydroxylamine groups is 2. The number of nitrogens with zero attached hydrogens (tertiary/aromatic N) is 5. The van der Waals surface area contributed by atoms with E-state index in [1.165, 1.54) is 5.06 Å². The van der Waals surface area contributed by atoms with Gasteiger partial charge in [-0.2, -0.15) is 5.10 Å². The van der Waals surface area contributed by atoms with Crippen LogP contribution in [-0.2, 0) is 73.1 Å². The fourth-order valence-electron chi connectivity index (χ4n) is 6.07. The highest BCUT2D eigenvalue weighted by Crippen LogP contribution is 2.27. The Morgan fingerprint density at radius 3 is 1.58 bits per heavy atom. The van der Waals surface area contributed by atoms with Gasteiger partial charge in [0.05, 0.1) is 157 Å². The van der Waals surface area contributed by atoms with Crippen molar-refractivity contribution in [2.24, 2.45) is 10.7 Å². The van der Waals surface area contributed by atoms with Crippen molar-refractivity contribution in [3.8, 4) is 0 Å². The van der Waals surface area contributed by atoms with Gasteiger partial charge in [-0.05, 0) is 66.6 Å². The van der Waals surface area contributed by atoms with Gasteiger partial charge in [-0.15, -0.1) is 0 Å². The number of unbranched alkanes of at least 4 members (excludes halogenated alkanes) is 2. The number of amides is 1. The number of amidine groups is 1. The Morgan fingerprint density at radius 1 is 0.652 bits per heavy atom. The molecule has 382 valence electrons. The molecule has 1 aromatic rings. The van der Waals surface area contributed by atoms with Crippen molar-refractivity contribution in [2.75, 3.05) is 165 Å². The summed E-state index contributed by atoms with van der Waals surface area (Å²) in [5, 5.41) is 5.95. The van der Waals surface area contributed by atoms with E-state index in [1.807, 2.05) is 45.4 Å². The number of nitrogens with two attached hydrogens (primary N) is 1. The van der Waals surface area contributed by atoms with Gasteiger partial charge in [-0.1, -0.05) is 13.3 Å². The average Bonchev–Trinajstić information content (AvgIpc) is 3.55. The van der Waals surface area contributed by atoms with E-state index in [1.54, 1.807) is 6.20 Å². The number of aliphatic imine (C=N–C) groups is 1. The Kier molecular flexibility index (Phi) is 34.7. The summed E-state index contributed by atoms with van der Waals surface area (Å²) in [6.07, 6.45) is 7.91. The first-order valence-electron chi connectivity index (χ1n) is 23.8. The van der Waals surface area contributed by atoms with Gasteiger partial charge < -0.3 is 62.7 Å². The van der Waals surface area contributed by atoms with E-state index >= 15 is 0 Å². The normalized spacial score (nSPS) is 12.9. The SMILES string of the molecule is CCCN(OCC)C(=O)C1=Cc2c(cnn2CCCCCN(C)CCOCCOCCOCCOCCOCCOCCOCCOCCOCCOCCC(=O)OC(C)(C)C)N=C(N)C1. The molecule has 0 radical (unpaired) electrons. The number of carbonyl (C=O) groups is 2. The van der Waals surface area contributed by atoms with Gasteiger partial charge in [-0.25, -0.2) is 10.1 Å². The molecule has 2 heterocycles. The minimum absolute atomic E-state index is 0.187. The van der Waals surface area contributed by atoms with Crippen LogP contribution in [0.4, 0.5) is 5.69 Å². The molecule has 2 rings (SSSR count). The van der Waals surface area contributed by atoms with Crippen LogP contribution < -0.4 is 5.73 Å². The van der Waals surface area contributed by atoms with Crippen LogP contribution in [0.2, 0.25) is 0 Å². The number of likely N-dealkylation sites (N-methyl/N-ethyl adjacent to an activating group) is 1. The van der Waals surface area contributed by atoms with Gasteiger partial charge in [-0.3, -0.25) is 19.1 Å². The minimum Gasteiger partial charge on any atom is -0.460 e. The zero-order valence-electron chi connectivity index (χ0n) is 41.1. The molecule has 2 N–H and O–H groups in total. The average molecular weight is 945 g/mol. The number of carbonyl (C=O) groups excluding carboxylic acids is 2. The third-order valence-electron chi connectivity index (χ3n) is 9.27. The van der Waals surface area contributed by atoms with Crippen molar-refractivity contribution in [1.29, 1.82) is 0 Å². The van der Waals surface area contributed by atoms with Crippen molar-refractivity contribution in [3.05, 3.63) is 17.5 Å². The Labute approximate surface area is 393 Å². The van der Waals surface area contributed by atoms with E-state index in [0.29, 0.717) is 162 Å². The lowest BCUT2D eigenvalue weighted by Gasteiger charge is -2.21. The van der Waals surface area contributed by atoms with Crippen LogP contribution in [0.25, 0.3) is 6.08 Å². The fraction of sp³-hybridized carbons (Fsp3) is 0.826. The third kappa shape index (κ3) is 31.0. The second kappa shape index (κ2) is 38.8. The van der Waals surface area contributed by atoms with Crippen molar-refractivity contribution in [2.45, 2.75) is 85.3 Å². The molecule has 66 heavy (non-hydrogen) atoms.